The van der Waals surface area contributed by atoms with Crippen molar-refractivity contribution in [2.75, 3.05) is 49.6 Å². The van der Waals surface area contributed by atoms with Crippen molar-refractivity contribution in [3.8, 4) is 0 Å². The van der Waals surface area contributed by atoms with Gasteiger partial charge in [0.05, 0.1) is 0 Å². The van der Waals surface area contributed by atoms with Gasteiger partial charge in [-0.15, -0.1) is 24.0 Å². The van der Waals surface area contributed by atoms with Crippen molar-refractivity contribution < 1.29 is 0 Å². The first-order valence-electron chi connectivity index (χ1n) is 11.5. The van der Waals surface area contributed by atoms with Gasteiger partial charge in [-0.25, -0.2) is 0 Å². The fraction of sp³-hybridized carbons (Fsp3) is 0.480. The van der Waals surface area contributed by atoms with Gasteiger partial charge in [0.2, 0.25) is 0 Å². The van der Waals surface area contributed by atoms with Gasteiger partial charge in [0.25, 0.3) is 0 Å². The van der Waals surface area contributed by atoms with Gasteiger partial charge >= 0.3 is 0 Å². The van der Waals surface area contributed by atoms with Crippen molar-refractivity contribution in [2.24, 2.45) is 4.99 Å². The molecule has 2 aromatic carbocycles. The van der Waals surface area contributed by atoms with Crippen LogP contribution < -0.4 is 15.5 Å². The third kappa shape index (κ3) is 7.56. The Labute approximate surface area is 214 Å². The highest BCUT2D eigenvalue weighted by atomic mass is 127. The third-order valence-electron chi connectivity index (χ3n) is 6.08. The number of hydrogen-bond donors (Lipinski definition) is 2. The van der Waals surface area contributed by atoms with E-state index < -0.39 is 0 Å². The molecule has 32 heavy (non-hydrogen) atoms. The molecule has 0 aromatic heterocycles. The Balaban J connectivity index is 0.00000289. The molecule has 2 aliphatic rings. The number of aliphatic imine (C=N–C) groups is 1. The van der Waals surface area contributed by atoms with Gasteiger partial charge in [0.1, 0.15) is 0 Å². The number of anilines is 1. The average molecular weight is 566 g/mol. The number of likely N-dealkylation sites (tertiary alicyclic amines) is 1. The highest BCUT2D eigenvalue weighted by Gasteiger charge is 2.12. The minimum atomic E-state index is 0. The summed E-state index contributed by atoms with van der Waals surface area (Å²) in [5, 5.41) is 6.86. The van der Waals surface area contributed by atoms with E-state index in [2.05, 4.69) is 74.0 Å². The Morgan fingerprint density at radius 3 is 1.91 bits per heavy atom. The quantitative estimate of drug-likeness (QED) is 0.298. The molecule has 0 atom stereocenters. The summed E-state index contributed by atoms with van der Waals surface area (Å²) >= 11 is 2.05. The van der Waals surface area contributed by atoms with Crippen molar-refractivity contribution in [3.63, 3.8) is 0 Å². The molecular weight excluding hydrogens is 529 g/mol. The van der Waals surface area contributed by atoms with Crippen LogP contribution in [0.2, 0.25) is 0 Å². The zero-order valence-corrected chi connectivity index (χ0v) is 22.2. The fourth-order valence-electron chi connectivity index (χ4n) is 4.20. The van der Waals surface area contributed by atoms with E-state index in [9.17, 15) is 0 Å². The highest BCUT2D eigenvalue weighted by Crippen LogP contribution is 2.20. The first-order chi connectivity index (χ1) is 15.3. The van der Waals surface area contributed by atoms with Crippen LogP contribution in [0.5, 0.6) is 0 Å². The van der Waals surface area contributed by atoms with E-state index in [1.54, 1.807) is 0 Å². The van der Waals surface area contributed by atoms with Crippen molar-refractivity contribution in [1.82, 2.24) is 15.5 Å². The van der Waals surface area contributed by atoms with E-state index in [1.807, 2.05) is 18.8 Å². The molecule has 0 saturated carbocycles. The fourth-order valence-corrected chi connectivity index (χ4v) is 5.10. The molecule has 2 aromatic rings. The number of guanidine groups is 1. The Morgan fingerprint density at radius 2 is 1.34 bits per heavy atom. The molecule has 2 aliphatic heterocycles. The van der Waals surface area contributed by atoms with Crippen LogP contribution in [0.15, 0.2) is 53.5 Å². The second-order valence-corrected chi connectivity index (χ2v) is 9.57. The normalized spacial score (nSPS) is 17.2. The van der Waals surface area contributed by atoms with Gasteiger partial charge in [-0.3, -0.25) is 9.89 Å². The summed E-state index contributed by atoms with van der Waals surface area (Å²) in [5.74, 6) is 3.29. The standard InChI is InChI=1S/C25H35N5S.HI/c1-26-25(27-18-21-4-6-23(7-5-21)20-29-12-2-3-13-29)28-19-22-8-10-24(11-9-22)30-14-16-31-17-15-30;/h4-11H,2-3,12-20H2,1H3,(H2,26,27,28);1H. The molecule has 174 valence electrons. The van der Waals surface area contributed by atoms with Gasteiger partial charge in [-0.1, -0.05) is 36.4 Å². The maximum Gasteiger partial charge on any atom is 0.191 e. The molecule has 0 aliphatic carbocycles. The molecule has 4 rings (SSSR count). The zero-order chi connectivity index (χ0) is 21.3. The van der Waals surface area contributed by atoms with E-state index in [-0.39, 0.29) is 24.0 Å². The second kappa shape index (κ2) is 13.3. The van der Waals surface area contributed by atoms with E-state index in [1.165, 1.54) is 59.8 Å². The molecule has 2 saturated heterocycles. The number of halogens is 1. The number of nitrogens with one attached hydrogen (secondary N) is 2. The van der Waals surface area contributed by atoms with E-state index in [0.717, 1.165) is 38.7 Å². The maximum absolute atomic E-state index is 4.37. The lowest BCUT2D eigenvalue weighted by Gasteiger charge is -2.28. The molecule has 0 spiro atoms. The average Bonchev–Trinajstić information content (AvgIpc) is 3.34. The largest absolute Gasteiger partial charge is 0.370 e. The molecule has 5 nitrogen and oxygen atoms in total. The van der Waals surface area contributed by atoms with Crippen molar-refractivity contribution in [2.45, 2.75) is 32.5 Å². The topological polar surface area (TPSA) is 42.9 Å². The molecule has 0 radical (unpaired) electrons. The Hall–Kier alpha value is -1.45. The molecular formula is C25H36IN5S. The predicted octanol–water partition coefficient (Wildman–Crippen LogP) is 4.32. The zero-order valence-electron chi connectivity index (χ0n) is 19.1. The lowest BCUT2D eigenvalue weighted by Crippen LogP contribution is -2.36. The van der Waals surface area contributed by atoms with Crippen molar-refractivity contribution in [1.29, 1.82) is 0 Å². The SMILES string of the molecule is CN=C(NCc1ccc(CN2CCCC2)cc1)NCc1ccc(N2CCSCC2)cc1.I. The molecule has 2 heterocycles. The number of benzene rings is 2. The van der Waals surface area contributed by atoms with Crippen LogP contribution in [0, 0.1) is 0 Å². The van der Waals surface area contributed by atoms with Crippen LogP contribution in [0.3, 0.4) is 0 Å². The lowest BCUT2D eigenvalue weighted by atomic mass is 10.1. The molecule has 0 bridgehead atoms. The van der Waals surface area contributed by atoms with E-state index in [0.29, 0.717) is 0 Å². The molecule has 7 heteroatoms. The molecule has 2 N–H and O–H groups in total. The summed E-state index contributed by atoms with van der Waals surface area (Å²) < 4.78 is 0. The smallest absolute Gasteiger partial charge is 0.191 e. The van der Waals surface area contributed by atoms with Gasteiger partial charge in [-0.2, -0.15) is 11.8 Å². The Kier molecular flexibility index (Phi) is 10.5. The van der Waals surface area contributed by atoms with Gasteiger partial charge in [0.15, 0.2) is 5.96 Å². The molecule has 2 fully saturated rings. The summed E-state index contributed by atoms with van der Waals surface area (Å²) in [6, 6.07) is 17.9. The molecule has 0 unspecified atom stereocenters. The summed E-state index contributed by atoms with van der Waals surface area (Å²) in [7, 11) is 1.83. The van der Waals surface area contributed by atoms with Crippen molar-refractivity contribution in [3.05, 3.63) is 65.2 Å². The summed E-state index contributed by atoms with van der Waals surface area (Å²) in [6.45, 7) is 7.40. The minimum Gasteiger partial charge on any atom is -0.370 e. The number of thioether (sulfide) groups is 1. The predicted molar refractivity (Wildman–Crippen MR) is 149 cm³/mol. The van der Waals surface area contributed by atoms with Gasteiger partial charge < -0.3 is 15.5 Å². The lowest BCUT2D eigenvalue weighted by molar-refractivity contribution is 0.331. The third-order valence-corrected chi connectivity index (χ3v) is 7.03. The number of hydrogen-bond acceptors (Lipinski definition) is 4. The van der Waals surface area contributed by atoms with Crippen LogP contribution in [0.1, 0.15) is 29.5 Å². The summed E-state index contributed by atoms with van der Waals surface area (Å²) in [6.07, 6.45) is 2.69. The second-order valence-electron chi connectivity index (χ2n) is 8.34. The van der Waals surface area contributed by atoms with Crippen LogP contribution in [-0.2, 0) is 19.6 Å². The first kappa shape index (κ1) is 25.2. The van der Waals surface area contributed by atoms with Crippen molar-refractivity contribution >= 4 is 47.4 Å². The van der Waals surface area contributed by atoms with Gasteiger partial charge in [-0.05, 0) is 54.8 Å². The number of rotatable bonds is 7. The first-order valence-corrected chi connectivity index (χ1v) is 12.6. The highest BCUT2D eigenvalue weighted by molar-refractivity contribution is 14.0. The van der Waals surface area contributed by atoms with Crippen LogP contribution in [0.25, 0.3) is 0 Å². The number of nitrogens with zero attached hydrogens (tertiary/aromatic N) is 3. The monoisotopic (exact) mass is 565 g/mol. The van der Waals surface area contributed by atoms with Crippen LogP contribution >= 0.6 is 35.7 Å². The maximum atomic E-state index is 4.37. The summed E-state index contributed by atoms with van der Waals surface area (Å²) in [5.41, 5.74) is 5.28. The molecule has 0 amide bonds. The summed E-state index contributed by atoms with van der Waals surface area (Å²) in [4.78, 5) is 9.39. The van der Waals surface area contributed by atoms with Crippen LogP contribution in [-0.4, -0.2) is 55.6 Å². The minimum absolute atomic E-state index is 0. The van der Waals surface area contributed by atoms with Gasteiger partial charge in [0, 0.05) is 57.0 Å². The van der Waals surface area contributed by atoms with Crippen LogP contribution in [0.4, 0.5) is 5.69 Å². The van der Waals surface area contributed by atoms with E-state index >= 15 is 0 Å². The van der Waals surface area contributed by atoms with E-state index in [4.69, 9.17) is 0 Å². The Morgan fingerprint density at radius 1 is 0.812 bits per heavy atom. The Bertz CT molecular complexity index is 828.